The second-order valence-corrected chi connectivity index (χ2v) is 3.45. The maximum atomic E-state index is 11.4. The molecule has 0 saturated heterocycles. The molecule has 0 unspecified atom stereocenters. The van der Waals surface area contributed by atoms with Gasteiger partial charge in [0.05, 0.1) is 11.3 Å². The molecule has 0 aromatic heterocycles. The van der Waals surface area contributed by atoms with Crippen LogP contribution in [0.3, 0.4) is 0 Å². The number of anilines is 1. The van der Waals surface area contributed by atoms with Gasteiger partial charge in [-0.2, -0.15) is 0 Å². The number of nitrogens with one attached hydrogen (secondary N) is 2. The molecule has 1 aromatic rings. The minimum absolute atomic E-state index is 0.0115. The summed E-state index contributed by atoms with van der Waals surface area (Å²) >= 11 is 0. The van der Waals surface area contributed by atoms with Crippen LogP contribution in [0.1, 0.15) is 16.8 Å². The van der Waals surface area contributed by atoms with Crippen molar-refractivity contribution < 1.29 is 19.5 Å². The van der Waals surface area contributed by atoms with Crippen molar-refractivity contribution in [2.45, 2.75) is 6.42 Å². The molecule has 0 heterocycles. The Morgan fingerprint density at radius 3 is 2.50 bits per heavy atom. The standard InChI is InChI=1S/C11H13N3O4/c12-9(15)5-6-13-11(18)14-8-4-2-1-3-7(8)10(16)17/h1-4H,5-6H2,(H2,12,15)(H,16,17)(H2,13,14,18). The molecule has 1 aromatic carbocycles. The van der Waals surface area contributed by atoms with Gasteiger partial charge in [0.2, 0.25) is 5.91 Å². The first-order valence-electron chi connectivity index (χ1n) is 5.16. The number of aromatic carboxylic acids is 1. The van der Waals surface area contributed by atoms with Crippen molar-refractivity contribution in [3.8, 4) is 0 Å². The van der Waals surface area contributed by atoms with Gasteiger partial charge < -0.3 is 21.5 Å². The van der Waals surface area contributed by atoms with Gasteiger partial charge in [-0.05, 0) is 12.1 Å². The predicted molar refractivity (Wildman–Crippen MR) is 64.2 cm³/mol. The normalized spacial score (nSPS) is 9.56. The van der Waals surface area contributed by atoms with Crippen LogP contribution < -0.4 is 16.4 Å². The Morgan fingerprint density at radius 1 is 1.22 bits per heavy atom. The highest BCUT2D eigenvalue weighted by Crippen LogP contribution is 2.14. The fourth-order valence-electron chi connectivity index (χ4n) is 1.24. The van der Waals surface area contributed by atoms with E-state index in [9.17, 15) is 14.4 Å². The van der Waals surface area contributed by atoms with Gasteiger partial charge in [0, 0.05) is 13.0 Å². The number of urea groups is 1. The summed E-state index contributed by atoms with van der Waals surface area (Å²) in [6.07, 6.45) is 0.0218. The fourth-order valence-corrected chi connectivity index (χ4v) is 1.24. The summed E-state index contributed by atoms with van der Waals surface area (Å²) in [7, 11) is 0. The van der Waals surface area contributed by atoms with Gasteiger partial charge in [0.15, 0.2) is 0 Å². The largest absolute Gasteiger partial charge is 0.478 e. The van der Waals surface area contributed by atoms with E-state index in [1.165, 1.54) is 12.1 Å². The van der Waals surface area contributed by atoms with E-state index in [-0.39, 0.29) is 24.2 Å². The Hall–Kier alpha value is -2.57. The molecule has 1 rings (SSSR count). The minimum atomic E-state index is -1.14. The van der Waals surface area contributed by atoms with Crippen LogP contribution in [0.2, 0.25) is 0 Å². The van der Waals surface area contributed by atoms with E-state index in [1.807, 2.05) is 0 Å². The highest BCUT2D eigenvalue weighted by molar-refractivity contribution is 5.99. The fraction of sp³-hybridized carbons (Fsp3) is 0.182. The quantitative estimate of drug-likeness (QED) is 0.604. The molecule has 0 radical (unpaired) electrons. The van der Waals surface area contributed by atoms with Crippen LogP contribution in [0.15, 0.2) is 24.3 Å². The third kappa shape index (κ3) is 4.12. The Morgan fingerprint density at radius 2 is 1.89 bits per heavy atom. The second kappa shape index (κ2) is 6.24. The van der Waals surface area contributed by atoms with Crippen molar-refractivity contribution in [2.24, 2.45) is 5.73 Å². The molecule has 0 aliphatic heterocycles. The van der Waals surface area contributed by atoms with E-state index < -0.39 is 17.9 Å². The number of carboxylic acid groups (broad SMARTS) is 1. The van der Waals surface area contributed by atoms with Crippen molar-refractivity contribution in [3.63, 3.8) is 0 Å². The van der Waals surface area contributed by atoms with Gasteiger partial charge in [-0.15, -0.1) is 0 Å². The highest BCUT2D eigenvalue weighted by Gasteiger charge is 2.11. The van der Waals surface area contributed by atoms with Crippen molar-refractivity contribution >= 4 is 23.6 Å². The zero-order chi connectivity index (χ0) is 13.5. The van der Waals surface area contributed by atoms with Crippen LogP contribution in [-0.4, -0.2) is 29.6 Å². The second-order valence-electron chi connectivity index (χ2n) is 3.45. The maximum Gasteiger partial charge on any atom is 0.337 e. The SMILES string of the molecule is NC(=O)CCNC(=O)Nc1ccccc1C(=O)O. The van der Waals surface area contributed by atoms with Crippen LogP contribution in [0.4, 0.5) is 10.5 Å². The van der Waals surface area contributed by atoms with Gasteiger partial charge in [-0.3, -0.25) is 4.79 Å². The summed E-state index contributed by atoms with van der Waals surface area (Å²) in [6, 6.07) is 5.41. The van der Waals surface area contributed by atoms with Crippen LogP contribution >= 0.6 is 0 Å². The van der Waals surface area contributed by atoms with Crippen LogP contribution in [0, 0.1) is 0 Å². The summed E-state index contributed by atoms with van der Waals surface area (Å²) in [5, 5.41) is 13.7. The number of hydrogen-bond donors (Lipinski definition) is 4. The Balaban J connectivity index is 2.59. The smallest absolute Gasteiger partial charge is 0.337 e. The van der Waals surface area contributed by atoms with Crippen molar-refractivity contribution in [3.05, 3.63) is 29.8 Å². The average Bonchev–Trinajstić information content (AvgIpc) is 2.28. The average molecular weight is 251 g/mol. The number of carboxylic acids is 1. The monoisotopic (exact) mass is 251 g/mol. The number of para-hydroxylation sites is 1. The molecule has 5 N–H and O–H groups in total. The number of rotatable bonds is 5. The van der Waals surface area contributed by atoms with E-state index in [4.69, 9.17) is 10.8 Å². The topological polar surface area (TPSA) is 122 Å². The van der Waals surface area contributed by atoms with E-state index in [0.29, 0.717) is 0 Å². The molecule has 0 spiro atoms. The van der Waals surface area contributed by atoms with Crippen LogP contribution in [0.5, 0.6) is 0 Å². The molecule has 0 fully saturated rings. The van der Waals surface area contributed by atoms with E-state index in [2.05, 4.69) is 10.6 Å². The first-order chi connectivity index (χ1) is 8.50. The first kappa shape index (κ1) is 13.5. The summed E-state index contributed by atoms with van der Waals surface area (Å²) < 4.78 is 0. The molecule has 7 heteroatoms. The van der Waals surface area contributed by atoms with Gasteiger partial charge in [0.25, 0.3) is 0 Å². The van der Waals surface area contributed by atoms with Crippen LogP contribution in [-0.2, 0) is 4.79 Å². The molecule has 0 aliphatic rings. The van der Waals surface area contributed by atoms with Gasteiger partial charge in [-0.1, -0.05) is 12.1 Å². The highest BCUT2D eigenvalue weighted by atomic mass is 16.4. The maximum absolute atomic E-state index is 11.4. The van der Waals surface area contributed by atoms with E-state index >= 15 is 0 Å². The Labute approximate surface area is 103 Å². The molecule has 0 saturated carbocycles. The van der Waals surface area contributed by atoms with Gasteiger partial charge in [-0.25, -0.2) is 9.59 Å². The molecule has 0 atom stereocenters. The summed E-state index contributed by atoms with van der Waals surface area (Å²) in [6.45, 7) is 0.0937. The minimum Gasteiger partial charge on any atom is -0.478 e. The van der Waals surface area contributed by atoms with Crippen molar-refractivity contribution in [2.75, 3.05) is 11.9 Å². The lowest BCUT2D eigenvalue weighted by Crippen LogP contribution is -2.32. The number of amides is 3. The number of nitrogens with two attached hydrogens (primary N) is 1. The molecule has 7 nitrogen and oxygen atoms in total. The molecule has 0 bridgehead atoms. The summed E-state index contributed by atoms with van der Waals surface area (Å²) in [4.78, 5) is 32.7. The zero-order valence-corrected chi connectivity index (χ0v) is 9.47. The van der Waals surface area contributed by atoms with E-state index in [0.717, 1.165) is 0 Å². The number of primary amides is 1. The Bertz CT molecular complexity index is 473. The molecule has 0 aliphatic carbocycles. The van der Waals surface area contributed by atoms with Crippen molar-refractivity contribution in [1.82, 2.24) is 5.32 Å². The molecule has 96 valence electrons. The van der Waals surface area contributed by atoms with Gasteiger partial charge in [0.1, 0.15) is 0 Å². The van der Waals surface area contributed by atoms with Gasteiger partial charge >= 0.3 is 12.0 Å². The summed E-state index contributed by atoms with van der Waals surface area (Å²) in [5.41, 5.74) is 5.08. The lowest BCUT2D eigenvalue weighted by atomic mass is 10.2. The third-order valence-corrected chi connectivity index (χ3v) is 2.06. The summed E-state index contributed by atoms with van der Waals surface area (Å²) in [5.74, 6) is -1.66. The van der Waals surface area contributed by atoms with Crippen molar-refractivity contribution in [1.29, 1.82) is 0 Å². The third-order valence-electron chi connectivity index (χ3n) is 2.06. The number of benzene rings is 1. The lowest BCUT2D eigenvalue weighted by Gasteiger charge is -2.09. The Kier molecular flexibility index (Phi) is 4.67. The number of carbonyl (C=O) groups excluding carboxylic acids is 2. The van der Waals surface area contributed by atoms with Crippen LogP contribution in [0.25, 0.3) is 0 Å². The molecule has 3 amide bonds. The lowest BCUT2D eigenvalue weighted by molar-refractivity contribution is -0.117. The zero-order valence-electron chi connectivity index (χ0n) is 9.47. The molecule has 18 heavy (non-hydrogen) atoms. The predicted octanol–water partition coefficient (Wildman–Crippen LogP) is 0.382. The first-order valence-corrected chi connectivity index (χ1v) is 5.16. The van der Waals surface area contributed by atoms with E-state index in [1.54, 1.807) is 12.1 Å². The number of carbonyl (C=O) groups is 3. The molecular weight excluding hydrogens is 238 g/mol. The number of hydrogen-bond acceptors (Lipinski definition) is 3. The molecular formula is C11H13N3O4.